The Morgan fingerprint density at radius 3 is 2.62 bits per heavy atom. The number of nitrogens with one attached hydrogen (secondary N) is 2. The number of para-hydroxylation sites is 1. The van der Waals surface area contributed by atoms with Crippen LogP contribution in [0, 0.1) is 11.3 Å². The van der Waals surface area contributed by atoms with Crippen LogP contribution in [0.15, 0.2) is 39.8 Å². The number of aliphatic imine (C=N–C) groups is 1. The number of aromatic nitrogens is 3. The Bertz CT molecular complexity index is 1070. The van der Waals surface area contributed by atoms with E-state index in [9.17, 15) is 5.26 Å². The average molecular weight is 435 g/mol. The van der Waals surface area contributed by atoms with Crippen LogP contribution in [0.1, 0.15) is 48.5 Å². The van der Waals surface area contributed by atoms with Gasteiger partial charge in [0.2, 0.25) is 0 Å². The molecule has 9 heteroatoms. The van der Waals surface area contributed by atoms with Crippen molar-refractivity contribution in [2.24, 2.45) is 4.99 Å². The van der Waals surface area contributed by atoms with Gasteiger partial charge in [0.1, 0.15) is 23.2 Å². The number of nitriles is 1. The molecule has 4 N–H and O–H groups in total. The van der Waals surface area contributed by atoms with Crippen molar-refractivity contribution in [3.8, 4) is 11.8 Å². The number of rotatable bonds is 9. The molecule has 0 aliphatic carbocycles. The van der Waals surface area contributed by atoms with Crippen molar-refractivity contribution in [2.75, 3.05) is 19.3 Å². The lowest BCUT2D eigenvalue weighted by molar-refractivity contribution is 0.380. The van der Waals surface area contributed by atoms with Crippen LogP contribution in [0.4, 0.5) is 5.82 Å². The molecule has 168 valence electrons. The van der Waals surface area contributed by atoms with Gasteiger partial charge in [0.05, 0.1) is 17.1 Å². The normalized spacial score (nSPS) is 11.4. The molecule has 0 saturated carbocycles. The summed E-state index contributed by atoms with van der Waals surface area (Å²) in [5, 5.41) is 24.9. The zero-order chi connectivity index (χ0) is 22.9. The van der Waals surface area contributed by atoms with Gasteiger partial charge in [-0.2, -0.15) is 10.4 Å². The van der Waals surface area contributed by atoms with E-state index in [1.54, 1.807) is 11.7 Å². The first-order valence-corrected chi connectivity index (χ1v) is 10.9. The van der Waals surface area contributed by atoms with E-state index >= 15 is 0 Å². The maximum absolute atomic E-state index is 9.55. The Morgan fingerprint density at radius 1 is 1.19 bits per heavy atom. The summed E-state index contributed by atoms with van der Waals surface area (Å²) in [6.07, 6.45) is 3.03. The van der Waals surface area contributed by atoms with Crippen molar-refractivity contribution in [1.29, 1.82) is 5.26 Å². The molecule has 3 rings (SSSR count). The first-order valence-electron chi connectivity index (χ1n) is 10.9. The third kappa shape index (κ3) is 5.09. The first kappa shape index (κ1) is 22.9. The molecule has 32 heavy (non-hydrogen) atoms. The smallest absolute Gasteiger partial charge is 0.191 e. The lowest BCUT2D eigenvalue weighted by Crippen LogP contribution is -2.37. The SMILES string of the molecule is CCc1noc(CC)c1CNC(=NC)NCCCc1nn(-c2ccccc2)c(N)c1C#N. The number of guanidine groups is 1. The number of nitrogens with two attached hydrogens (primary N) is 1. The Balaban J connectivity index is 1.56. The molecule has 0 amide bonds. The molecule has 0 fully saturated rings. The minimum Gasteiger partial charge on any atom is -0.382 e. The predicted octanol–water partition coefficient (Wildman–Crippen LogP) is 2.74. The highest BCUT2D eigenvalue weighted by Gasteiger charge is 2.16. The van der Waals surface area contributed by atoms with Gasteiger partial charge < -0.3 is 20.9 Å². The Labute approximate surface area is 188 Å². The number of hydrogen-bond acceptors (Lipinski definition) is 6. The average Bonchev–Trinajstić information content (AvgIpc) is 3.38. The van der Waals surface area contributed by atoms with Gasteiger partial charge in [-0.1, -0.05) is 37.2 Å². The number of anilines is 1. The molecule has 2 aromatic heterocycles. The fraction of sp³-hybridized carbons (Fsp3) is 0.391. The fourth-order valence-electron chi connectivity index (χ4n) is 3.53. The van der Waals surface area contributed by atoms with Crippen molar-refractivity contribution in [2.45, 2.75) is 46.1 Å². The van der Waals surface area contributed by atoms with Gasteiger partial charge in [-0.05, 0) is 31.4 Å². The Kier molecular flexibility index (Phi) is 7.86. The molecule has 9 nitrogen and oxygen atoms in total. The largest absolute Gasteiger partial charge is 0.382 e. The van der Waals surface area contributed by atoms with Crippen molar-refractivity contribution in [3.05, 3.63) is 58.6 Å². The monoisotopic (exact) mass is 434 g/mol. The van der Waals surface area contributed by atoms with Crippen LogP contribution >= 0.6 is 0 Å². The minimum atomic E-state index is 0.367. The molecule has 0 spiro atoms. The maximum atomic E-state index is 9.55. The number of nitrogens with zero attached hydrogens (tertiary/aromatic N) is 5. The standard InChI is InChI=1S/C23H30N8O/c1-4-19-18(21(5-2)32-30-19)15-28-23(26-3)27-13-9-12-20-17(14-24)22(25)31(29-20)16-10-7-6-8-11-16/h6-8,10-11H,4-5,9,12-13,15,25H2,1-3H3,(H2,26,27,28). The van der Waals surface area contributed by atoms with E-state index in [-0.39, 0.29) is 0 Å². The summed E-state index contributed by atoms with van der Waals surface area (Å²) < 4.78 is 7.04. The summed E-state index contributed by atoms with van der Waals surface area (Å²) >= 11 is 0. The second-order valence-corrected chi connectivity index (χ2v) is 7.26. The Morgan fingerprint density at radius 2 is 1.97 bits per heavy atom. The van der Waals surface area contributed by atoms with Gasteiger partial charge in [0, 0.05) is 32.1 Å². The molecule has 0 aliphatic rings. The first-order chi connectivity index (χ1) is 15.6. The molecular formula is C23H30N8O. The highest BCUT2D eigenvalue weighted by molar-refractivity contribution is 5.79. The summed E-state index contributed by atoms with van der Waals surface area (Å²) in [7, 11) is 1.74. The second-order valence-electron chi connectivity index (χ2n) is 7.26. The third-order valence-electron chi connectivity index (χ3n) is 5.25. The van der Waals surface area contributed by atoms with Crippen molar-refractivity contribution in [1.82, 2.24) is 25.6 Å². The number of hydrogen-bond donors (Lipinski definition) is 3. The lowest BCUT2D eigenvalue weighted by atomic mass is 10.1. The zero-order valence-electron chi connectivity index (χ0n) is 18.9. The van der Waals surface area contributed by atoms with E-state index in [4.69, 9.17) is 10.3 Å². The summed E-state index contributed by atoms with van der Waals surface area (Å²) in [6, 6.07) is 11.8. The van der Waals surface area contributed by atoms with Crippen LogP contribution in [-0.2, 0) is 25.8 Å². The molecular weight excluding hydrogens is 404 g/mol. The minimum absolute atomic E-state index is 0.367. The summed E-state index contributed by atoms with van der Waals surface area (Å²) in [6.45, 7) is 5.40. The molecule has 0 radical (unpaired) electrons. The maximum Gasteiger partial charge on any atom is 0.191 e. The molecule has 0 atom stereocenters. The lowest BCUT2D eigenvalue weighted by Gasteiger charge is -2.12. The van der Waals surface area contributed by atoms with Gasteiger partial charge in [-0.15, -0.1) is 0 Å². The number of benzene rings is 1. The van der Waals surface area contributed by atoms with E-state index in [2.05, 4.69) is 45.8 Å². The van der Waals surface area contributed by atoms with E-state index in [1.165, 1.54) is 0 Å². The highest BCUT2D eigenvalue weighted by atomic mass is 16.5. The summed E-state index contributed by atoms with van der Waals surface area (Å²) in [5.74, 6) is 1.97. The van der Waals surface area contributed by atoms with Gasteiger partial charge in [-0.25, -0.2) is 4.68 Å². The highest BCUT2D eigenvalue weighted by Crippen LogP contribution is 2.21. The van der Waals surface area contributed by atoms with Gasteiger partial charge >= 0.3 is 0 Å². The van der Waals surface area contributed by atoms with Gasteiger partial charge in [0.15, 0.2) is 5.96 Å². The van der Waals surface area contributed by atoms with Crippen molar-refractivity contribution in [3.63, 3.8) is 0 Å². The van der Waals surface area contributed by atoms with Crippen LogP contribution < -0.4 is 16.4 Å². The topological polar surface area (TPSA) is 130 Å². The second kappa shape index (κ2) is 11.0. The summed E-state index contributed by atoms with van der Waals surface area (Å²) in [4.78, 5) is 4.29. The van der Waals surface area contributed by atoms with Crippen LogP contribution in [-0.4, -0.2) is 34.5 Å². The quantitative estimate of drug-likeness (QED) is 0.268. The van der Waals surface area contributed by atoms with Gasteiger partial charge in [-0.3, -0.25) is 4.99 Å². The van der Waals surface area contributed by atoms with Crippen molar-refractivity contribution >= 4 is 11.8 Å². The van der Waals surface area contributed by atoms with Crippen molar-refractivity contribution < 1.29 is 4.52 Å². The number of aryl methyl sites for hydroxylation is 3. The molecule has 0 bridgehead atoms. The summed E-state index contributed by atoms with van der Waals surface area (Å²) in [5.41, 5.74) is 10.2. The molecule has 0 unspecified atom stereocenters. The number of nitrogen functional groups attached to an aromatic ring is 1. The zero-order valence-corrected chi connectivity index (χ0v) is 18.9. The molecule has 0 aliphatic heterocycles. The van der Waals surface area contributed by atoms with Crippen LogP contribution in [0.2, 0.25) is 0 Å². The van der Waals surface area contributed by atoms with Crippen LogP contribution in [0.25, 0.3) is 5.69 Å². The van der Waals surface area contributed by atoms with E-state index in [0.29, 0.717) is 42.5 Å². The molecule has 1 aromatic carbocycles. The third-order valence-corrected chi connectivity index (χ3v) is 5.25. The van der Waals surface area contributed by atoms with E-state index in [1.807, 2.05) is 30.3 Å². The van der Waals surface area contributed by atoms with Crippen LogP contribution in [0.3, 0.4) is 0 Å². The fourth-order valence-corrected chi connectivity index (χ4v) is 3.53. The van der Waals surface area contributed by atoms with E-state index in [0.717, 1.165) is 42.0 Å². The molecule has 2 heterocycles. The Hall–Kier alpha value is -3.80. The molecule has 3 aromatic rings. The predicted molar refractivity (Wildman–Crippen MR) is 124 cm³/mol. The van der Waals surface area contributed by atoms with E-state index < -0.39 is 0 Å². The molecule has 0 saturated heterocycles. The van der Waals surface area contributed by atoms with Gasteiger partial charge in [0.25, 0.3) is 0 Å². The van der Waals surface area contributed by atoms with Crippen LogP contribution in [0.5, 0.6) is 0 Å².